The zero-order valence-electron chi connectivity index (χ0n) is 15.1. The van der Waals surface area contributed by atoms with Gasteiger partial charge >= 0.3 is 0 Å². The summed E-state index contributed by atoms with van der Waals surface area (Å²) in [7, 11) is 0. The Bertz CT molecular complexity index is 941. The molecule has 0 atom stereocenters. The number of ether oxygens (including phenoxy) is 3. The summed E-state index contributed by atoms with van der Waals surface area (Å²) < 4.78 is 31.3. The molecule has 3 rings (SSSR count). The molecule has 1 aliphatic rings. The fraction of sp³-hybridized carbons (Fsp3) is 0.263. The second kappa shape index (κ2) is 7.84. The van der Waals surface area contributed by atoms with Gasteiger partial charge in [0.2, 0.25) is 0 Å². The summed E-state index contributed by atoms with van der Waals surface area (Å²) in [6, 6.07) is 3.49. The summed E-state index contributed by atoms with van der Waals surface area (Å²) >= 11 is 5.83. The van der Waals surface area contributed by atoms with E-state index in [1.807, 2.05) is 0 Å². The van der Waals surface area contributed by atoms with E-state index in [2.05, 4.69) is 23.1 Å². The standard InChI is InChI=1S/C19H19ClFN3O3/c1-5-25-13(4)24(12(3)18(21)11(2)20)19-14-8-16-17(27-7-6-26-16)9-15(14)22-10-23-19/h8-10H,3-7H2,1-2H3/b18-11-. The lowest BCUT2D eigenvalue weighted by atomic mass is 10.2. The fourth-order valence-corrected chi connectivity index (χ4v) is 2.79. The maximum atomic E-state index is 14.6. The van der Waals surface area contributed by atoms with E-state index >= 15 is 0 Å². The zero-order valence-corrected chi connectivity index (χ0v) is 15.8. The number of hydrogen-bond donors (Lipinski definition) is 0. The Morgan fingerprint density at radius 2 is 1.93 bits per heavy atom. The van der Waals surface area contributed by atoms with Crippen LogP contribution in [0.25, 0.3) is 10.9 Å². The highest BCUT2D eigenvalue weighted by molar-refractivity contribution is 6.29. The minimum Gasteiger partial charge on any atom is -0.486 e. The van der Waals surface area contributed by atoms with Crippen molar-refractivity contribution in [1.82, 2.24) is 9.97 Å². The van der Waals surface area contributed by atoms with Gasteiger partial charge in [-0.25, -0.2) is 14.4 Å². The number of anilines is 1. The van der Waals surface area contributed by atoms with Crippen LogP contribution in [-0.4, -0.2) is 29.8 Å². The number of benzene rings is 1. The first kappa shape index (κ1) is 19.0. The third-order valence-electron chi connectivity index (χ3n) is 3.88. The maximum absolute atomic E-state index is 14.6. The van der Waals surface area contributed by atoms with Gasteiger partial charge in [-0.1, -0.05) is 18.2 Å². The quantitative estimate of drug-likeness (QED) is 0.527. The molecule has 0 amide bonds. The van der Waals surface area contributed by atoms with Crippen LogP contribution in [0.3, 0.4) is 0 Å². The van der Waals surface area contributed by atoms with Crippen LogP contribution in [-0.2, 0) is 4.74 Å². The smallest absolute Gasteiger partial charge is 0.192 e. The van der Waals surface area contributed by atoms with Crippen LogP contribution < -0.4 is 14.4 Å². The minimum atomic E-state index is -0.693. The van der Waals surface area contributed by atoms with Crippen molar-refractivity contribution < 1.29 is 18.6 Å². The van der Waals surface area contributed by atoms with Gasteiger partial charge in [-0.2, -0.15) is 0 Å². The van der Waals surface area contributed by atoms with E-state index in [-0.39, 0.29) is 16.6 Å². The van der Waals surface area contributed by atoms with Gasteiger partial charge in [-0.05, 0) is 26.5 Å². The van der Waals surface area contributed by atoms with E-state index in [9.17, 15) is 4.39 Å². The summed E-state index contributed by atoms with van der Waals surface area (Å²) in [5, 5.41) is 0.561. The Morgan fingerprint density at radius 1 is 1.26 bits per heavy atom. The Labute approximate surface area is 161 Å². The maximum Gasteiger partial charge on any atom is 0.192 e. The van der Waals surface area contributed by atoms with Crippen molar-refractivity contribution in [2.24, 2.45) is 0 Å². The van der Waals surface area contributed by atoms with Crippen molar-refractivity contribution >= 4 is 28.3 Å². The molecule has 0 unspecified atom stereocenters. The molecule has 0 radical (unpaired) electrons. The van der Waals surface area contributed by atoms with E-state index in [1.54, 1.807) is 19.1 Å². The number of nitrogens with zero attached hydrogens (tertiary/aromatic N) is 3. The Morgan fingerprint density at radius 3 is 2.56 bits per heavy atom. The van der Waals surface area contributed by atoms with Crippen molar-refractivity contribution in [3.63, 3.8) is 0 Å². The number of rotatable bonds is 6. The van der Waals surface area contributed by atoms with Crippen LogP contribution in [0.2, 0.25) is 0 Å². The van der Waals surface area contributed by atoms with Gasteiger partial charge in [0.1, 0.15) is 19.5 Å². The lowest BCUT2D eigenvalue weighted by molar-refractivity contribution is 0.172. The van der Waals surface area contributed by atoms with Gasteiger partial charge in [0.25, 0.3) is 0 Å². The zero-order chi connectivity index (χ0) is 19.6. The Balaban J connectivity index is 2.19. The van der Waals surface area contributed by atoms with Crippen molar-refractivity contribution in [3.8, 4) is 11.5 Å². The van der Waals surface area contributed by atoms with E-state index in [4.69, 9.17) is 25.8 Å². The van der Waals surface area contributed by atoms with Crippen LogP contribution in [0.4, 0.5) is 10.2 Å². The van der Waals surface area contributed by atoms with Crippen LogP contribution in [0.15, 0.2) is 54.1 Å². The summed E-state index contributed by atoms with van der Waals surface area (Å²) in [5.74, 6) is 0.956. The average molecular weight is 392 g/mol. The van der Waals surface area contributed by atoms with Crippen LogP contribution >= 0.6 is 11.6 Å². The number of halogens is 2. The molecule has 2 heterocycles. The Kier molecular flexibility index (Phi) is 5.51. The molecule has 1 aromatic heterocycles. The first-order valence-corrected chi connectivity index (χ1v) is 8.69. The second-order valence-corrected chi connectivity index (χ2v) is 6.23. The van der Waals surface area contributed by atoms with Gasteiger partial charge in [-0.3, -0.25) is 4.90 Å². The SMILES string of the molecule is C=C(OCC)N(C(=C)/C(F)=C(\C)Cl)c1ncnc2cc3c(cc12)OCCO3. The van der Waals surface area contributed by atoms with Crippen molar-refractivity contribution in [2.75, 3.05) is 24.7 Å². The molecule has 0 saturated heterocycles. The van der Waals surface area contributed by atoms with E-state index in [1.165, 1.54) is 18.2 Å². The van der Waals surface area contributed by atoms with Crippen LogP contribution in [0.1, 0.15) is 13.8 Å². The van der Waals surface area contributed by atoms with Crippen LogP contribution in [0, 0.1) is 0 Å². The number of aromatic nitrogens is 2. The molecule has 0 N–H and O–H groups in total. The summed E-state index contributed by atoms with van der Waals surface area (Å²) in [6.07, 6.45) is 1.36. The predicted octanol–water partition coefficient (Wildman–Crippen LogP) is 4.67. The highest BCUT2D eigenvalue weighted by atomic mass is 35.5. The number of fused-ring (bicyclic) bond motifs is 2. The molecule has 0 fully saturated rings. The topological polar surface area (TPSA) is 56.7 Å². The number of allylic oxidation sites excluding steroid dienone is 2. The van der Waals surface area contributed by atoms with Gasteiger partial charge in [-0.15, -0.1) is 0 Å². The third kappa shape index (κ3) is 3.68. The summed E-state index contributed by atoms with van der Waals surface area (Å²) in [5.41, 5.74) is 0.550. The molecule has 1 aromatic carbocycles. The lowest BCUT2D eigenvalue weighted by Crippen LogP contribution is -2.24. The molecule has 0 bridgehead atoms. The molecule has 6 nitrogen and oxygen atoms in total. The monoisotopic (exact) mass is 391 g/mol. The molecular formula is C19H19ClFN3O3. The summed E-state index contributed by atoms with van der Waals surface area (Å²) in [4.78, 5) is 9.94. The lowest BCUT2D eigenvalue weighted by Gasteiger charge is -2.27. The average Bonchev–Trinajstić information content (AvgIpc) is 2.66. The third-order valence-corrected chi connectivity index (χ3v) is 4.04. The van der Waals surface area contributed by atoms with Gasteiger partial charge in [0, 0.05) is 11.5 Å². The first-order chi connectivity index (χ1) is 12.9. The van der Waals surface area contributed by atoms with E-state index in [0.29, 0.717) is 48.0 Å². The normalized spacial score (nSPS) is 13.8. The molecule has 8 heteroatoms. The molecule has 0 saturated carbocycles. The molecule has 0 aliphatic carbocycles. The van der Waals surface area contributed by atoms with Gasteiger partial charge in [0.05, 0.1) is 22.9 Å². The highest BCUT2D eigenvalue weighted by Gasteiger charge is 2.25. The van der Waals surface area contributed by atoms with Crippen molar-refractivity contribution in [2.45, 2.75) is 13.8 Å². The molecule has 27 heavy (non-hydrogen) atoms. The van der Waals surface area contributed by atoms with E-state index in [0.717, 1.165) is 0 Å². The van der Waals surface area contributed by atoms with Crippen molar-refractivity contribution in [3.05, 3.63) is 54.1 Å². The largest absolute Gasteiger partial charge is 0.486 e. The molecular weight excluding hydrogens is 373 g/mol. The first-order valence-electron chi connectivity index (χ1n) is 8.31. The Hall–Kier alpha value is -2.80. The number of hydrogen-bond acceptors (Lipinski definition) is 6. The molecule has 142 valence electrons. The minimum absolute atomic E-state index is 0.0400. The molecule has 2 aromatic rings. The fourth-order valence-electron chi connectivity index (χ4n) is 2.68. The molecule has 1 aliphatic heterocycles. The second-order valence-electron chi connectivity index (χ2n) is 5.67. The molecule has 0 spiro atoms. The summed E-state index contributed by atoms with van der Waals surface area (Å²) in [6.45, 7) is 12.1. The van der Waals surface area contributed by atoms with Crippen LogP contribution in [0.5, 0.6) is 11.5 Å². The highest BCUT2D eigenvalue weighted by Crippen LogP contribution is 2.39. The van der Waals surface area contributed by atoms with Gasteiger partial charge in [0.15, 0.2) is 29.0 Å². The predicted molar refractivity (Wildman–Crippen MR) is 103 cm³/mol. The van der Waals surface area contributed by atoms with E-state index < -0.39 is 5.83 Å². The van der Waals surface area contributed by atoms with Gasteiger partial charge < -0.3 is 14.2 Å². The van der Waals surface area contributed by atoms with Crippen molar-refractivity contribution in [1.29, 1.82) is 0 Å².